The number of carbonyl (C=O) groups excluding carboxylic acids is 2. The van der Waals surface area contributed by atoms with E-state index in [1.165, 1.54) is 32.2 Å². The number of nitrogens with one attached hydrogen (secondary N) is 2. The smallest absolute Gasteiger partial charge is 0.418 e. The number of alkyl halides is 3. The zero-order valence-corrected chi connectivity index (χ0v) is 17.2. The Morgan fingerprint density at radius 2 is 1.83 bits per heavy atom. The molecular formula is C20H20ClF3N2O4. The van der Waals surface area contributed by atoms with Gasteiger partial charge in [0.25, 0.3) is 5.91 Å². The van der Waals surface area contributed by atoms with E-state index in [0.29, 0.717) is 6.61 Å². The molecule has 0 saturated carbocycles. The molecule has 2 aromatic rings. The lowest BCUT2D eigenvalue weighted by Gasteiger charge is -2.17. The lowest BCUT2D eigenvalue weighted by Crippen LogP contribution is -2.17. The average Bonchev–Trinajstić information content (AvgIpc) is 2.66. The van der Waals surface area contributed by atoms with E-state index in [4.69, 9.17) is 21.1 Å². The molecule has 6 nitrogen and oxygen atoms in total. The maximum Gasteiger partial charge on any atom is 0.418 e. The lowest BCUT2D eigenvalue weighted by molar-refractivity contribution is -0.137. The van der Waals surface area contributed by atoms with Gasteiger partial charge < -0.3 is 20.1 Å². The first-order chi connectivity index (χ1) is 14.1. The molecule has 2 aromatic carbocycles. The summed E-state index contributed by atoms with van der Waals surface area (Å²) in [6.45, 7) is 3.45. The molecule has 0 radical (unpaired) electrons. The standard InChI is InChI=1S/C20H20ClF3N2O4/c1-4-7-30-18-15(21)8-12(9-17(18)29-3)19(28)26-16-6-5-13(25-11(2)27)10-14(16)20(22,23)24/h5-6,8-10H,4,7H2,1-3H3,(H,25,27)(H,26,28). The number of anilines is 2. The van der Waals surface area contributed by atoms with Crippen molar-refractivity contribution in [3.63, 3.8) is 0 Å². The van der Waals surface area contributed by atoms with Crippen molar-refractivity contribution in [2.45, 2.75) is 26.4 Å². The van der Waals surface area contributed by atoms with Gasteiger partial charge in [-0.1, -0.05) is 18.5 Å². The van der Waals surface area contributed by atoms with Crippen LogP contribution in [0.25, 0.3) is 0 Å². The van der Waals surface area contributed by atoms with Crippen molar-refractivity contribution < 1.29 is 32.2 Å². The third-order valence-electron chi connectivity index (χ3n) is 3.84. The fourth-order valence-electron chi connectivity index (χ4n) is 2.56. The van der Waals surface area contributed by atoms with Crippen LogP contribution in [0.4, 0.5) is 24.5 Å². The van der Waals surface area contributed by atoms with Crippen molar-refractivity contribution in [3.8, 4) is 11.5 Å². The molecule has 0 aliphatic carbocycles. The molecule has 0 heterocycles. The predicted molar refractivity (Wildman–Crippen MR) is 107 cm³/mol. The summed E-state index contributed by atoms with van der Waals surface area (Å²) in [5.74, 6) is -0.923. The highest BCUT2D eigenvalue weighted by Gasteiger charge is 2.34. The SMILES string of the molecule is CCCOc1c(Cl)cc(C(=O)Nc2ccc(NC(C)=O)cc2C(F)(F)F)cc1OC. The average molecular weight is 445 g/mol. The highest BCUT2D eigenvalue weighted by Crippen LogP contribution is 2.39. The second-order valence-electron chi connectivity index (χ2n) is 6.23. The highest BCUT2D eigenvalue weighted by molar-refractivity contribution is 6.32. The minimum Gasteiger partial charge on any atom is -0.493 e. The first kappa shape index (κ1) is 23.3. The minimum absolute atomic E-state index is 0.0141. The molecule has 0 fully saturated rings. The third-order valence-corrected chi connectivity index (χ3v) is 4.12. The van der Waals surface area contributed by atoms with Crippen LogP contribution in [0.15, 0.2) is 30.3 Å². The van der Waals surface area contributed by atoms with Gasteiger partial charge in [-0.05, 0) is 36.8 Å². The molecule has 0 aliphatic heterocycles. The van der Waals surface area contributed by atoms with Crippen LogP contribution in [-0.4, -0.2) is 25.5 Å². The van der Waals surface area contributed by atoms with E-state index in [1.54, 1.807) is 0 Å². The van der Waals surface area contributed by atoms with Crippen LogP contribution in [0, 0.1) is 0 Å². The second-order valence-corrected chi connectivity index (χ2v) is 6.64. The van der Waals surface area contributed by atoms with Crippen LogP contribution in [0.1, 0.15) is 36.2 Å². The van der Waals surface area contributed by atoms with E-state index in [2.05, 4.69) is 10.6 Å². The molecule has 2 rings (SSSR count). The highest BCUT2D eigenvalue weighted by atomic mass is 35.5. The quantitative estimate of drug-likeness (QED) is 0.602. The van der Waals surface area contributed by atoms with Crippen LogP contribution >= 0.6 is 11.6 Å². The van der Waals surface area contributed by atoms with E-state index in [-0.39, 0.29) is 27.8 Å². The zero-order valence-electron chi connectivity index (χ0n) is 16.4. The van der Waals surface area contributed by atoms with Gasteiger partial charge in [0.15, 0.2) is 11.5 Å². The second kappa shape index (κ2) is 9.71. The van der Waals surface area contributed by atoms with Crippen LogP contribution in [0.5, 0.6) is 11.5 Å². The fourth-order valence-corrected chi connectivity index (χ4v) is 2.82. The molecule has 0 aliphatic rings. The Labute approximate surface area is 176 Å². The Morgan fingerprint density at radius 3 is 2.40 bits per heavy atom. The predicted octanol–water partition coefficient (Wildman–Crippen LogP) is 5.37. The third kappa shape index (κ3) is 5.79. The molecule has 2 amide bonds. The maximum atomic E-state index is 13.5. The maximum absolute atomic E-state index is 13.5. The van der Waals surface area contributed by atoms with Crippen molar-refractivity contribution >= 4 is 34.8 Å². The summed E-state index contributed by atoms with van der Waals surface area (Å²) in [6.07, 6.45) is -4.04. The number of carbonyl (C=O) groups is 2. The summed E-state index contributed by atoms with van der Waals surface area (Å²) in [6, 6.07) is 5.66. The monoisotopic (exact) mass is 444 g/mol. The normalized spacial score (nSPS) is 11.0. The number of rotatable bonds is 7. The summed E-state index contributed by atoms with van der Waals surface area (Å²) < 4.78 is 51.0. The fraction of sp³-hybridized carbons (Fsp3) is 0.300. The summed E-state index contributed by atoms with van der Waals surface area (Å²) in [5.41, 5.74) is -1.64. The number of methoxy groups -OCH3 is 1. The molecule has 0 spiro atoms. The summed E-state index contributed by atoms with van der Waals surface area (Å²) in [5, 5.41) is 4.59. The van der Waals surface area contributed by atoms with Gasteiger partial charge in [-0.2, -0.15) is 13.2 Å². The van der Waals surface area contributed by atoms with Gasteiger partial charge >= 0.3 is 6.18 Å². The molecule has 162 valence electrons. The molecule has 0 aromatic heterocycles. The van der Waals surface area contributed by atoms with Crippen molar-refractivity contribution in [2.75, 3.05) is 24.4 Å². The van der Waals surface area contributed by atoms with Crippen LogP contribution in [0.2, 0.25) is 5.02 Å². The molecule has 0 bridgehead atoms. The van der Waals surface area contributed by atoms with E-state index in [0.717, 1.165) is 18.6 Å². The summed E-state index contributed by atoms with van der Waals surface area (Å²) >= 11 is 6.16. The van der Waals surface area contributed by atoms with E-state index in [9.17, 15) is 22.8 Å². The van der Waals surface area contributed by atoms with Crippen molar-refractivity contribution in [1.29, 1.82) is 0 Å². The number of amides is 2. The Balaban J connectivity index is 2.37. The minimum atomic E-state index is -4.76. The first-order valence-electron chi connectivity index (χ1n) is 8.87. The van der Waals surface area contributed by atoms with Crippen LogP contribution in [-0.2, 0) is 11.0 Å². The Morgan fingerprint density at radius 1 is 1.13 bits per heavy atom. The van der Waals surface area contributed by atoms with Gasteiger partial charge in [-0.25, -0.2) is 0 Å². The van der Waals surface area contributed by atoms with Gasteiger partial charge in [-0.3, -0.25) is 9.59 Å². The number of hydrogen-bond acceptors (Lipinski definition) is 4. The summed E-state index contributed by atoms with van der Waals surface area (Å²) in [7, 11) is 1.36. The molecular weight excluding hydrogens is 425 g/mol. The largest absolute Gasteiger partial charge is 0.493 e. The zero-order chi connectivity index (χ0) is 22.5. The van der Waals surface area contributed by atoms with Crippen molar-refractivity contribution in [2.24, 2.45) is 0 Å². The Bertz CT molecular complexity index is 948. The molecule has 0 saturated heterocycles. The van der Waals surface area contributed by atoms with Gasteiger partial charge in [0.05, 0.1) is 30.0 Å². The molecule has 10 heteroatoms. The van der Waals surface area contributed by atoms with E-state index < -0.39 is 29.2 Å². The van der Waals surface area contributed by atoms with Gasteiger partial charge in [0, 0.05) is 18.2 Å². The van der Waals surface area contributed by atoms with Gasteiger partial charge in [0.2, 0.25) is 5.91 Å². The first-order valence-corrected chi connectivity index (χ1v) is 9.25. The topological polar surface area (TPSA) is 76.7 Å². The van der Waals surface area contributed by atoms with Crippen molar-refractivity contribution in [1.82, 2.24) is 0 Å². The number of benzene rings is 2. The Kier molecular flexibility index (Phi) is 7.55. The van der Waals surface area contributed by atoms with E-state index >= 15 is 0 Å². The summed E-state index contributed by atoms with van der Waals surface area (Å²) in [4.78, 5) is 23.7. The molecule has 30 heavy (non-hydrogen) atoms. The number of hydrogen-bond donors (Lipinski definition) is 2. The van der Waals surface area contributed by atoms with Gasteiger partial charge in [-0.15, -0.1) is 0 Å². The number of halogens is 4. The van der Waals surface area contributed by atoms with Gasteiger partial charge in [0.1, 0.15) is 0 Å². The lowest BCUT2D eigenvalue weighted by atomic mass is 10.1. The van der Waals surface area contributed by atoms with Crippen LogP contribution in [0.3, 0.4) is 0 Å². The molecule has 0 atom stereocenters. The molecule has 0 unspecified atom stereocenters. The molecule has 2 N–H and O–H groups in total. The van der Waals surface area contributed by atoms with E-state index in [1.807, 2.05) is 6.92 Å². The van der Waals surface area contributed by atoms with Crippen molar-refractivity contribution in [3.05, 3.63) is 46.5 Å². The Hall–Kier alpha value is -2.94. The van der Waals surface area contributed by atoms with Crippen LogP contribution < -0.4 is 20.1 Å². The number of ether oxygens (including phenoxy) is 2.